The van der Waals surface area contributed by atoms with Crippen molar-refractivity contribution in [2.75, 3.05) is 26.2 Å². The molecule has 6 nitrogen and oxygen atoms in total. The fourth-order valence-corrected chi connectivity index (χ4v) is 4.38. The van der Waals surface area contributed by atoms with Crippen molar-refractivity contribution in [3.63, 3.8) is 0 Å². The molecule has 1 fully saturated rings. The molecular weight excluding hydrogens is 361 g/mol. The molecule has 140 valence electrons. The van der Waals surface area contributed by atoms with Gasteiger partial charge in [-0.3, -0.25) is 4.79 Å². The van der Waals surface area contributed by atoms with Crippen LogP contribution in [0.1, 0.15) is 18.4 Å². The van der Waals surface area contributed by atoms with Crippen molar-refractivity contribution in [3.05, 3.63) is 29.8 Å². The number of hydrogen-bond donors (Lipinski definition) is 2. The smallest absolute Gasteiger partial charge is 0.416 e. The van der Waals surface area contributed by atoms with Gasteiger partial charge in [-0.1, -0.05) is 6.07 Å². The van der Waals surface area contributed by atoms with Crippen LogP contribution in [-0.4, -0.2) is 50.0 Å². The lowest BCUT2D eigenvalue weighted by atomic mass is 10.00. The number of hydrogen-bond acceptors (Lipinski definition) is 4. The summed E-state index contributed by atoms with van der Waals surface area (Å²) in [5.41, 5.74) is -1.01. The van der Waals surface area contributed by atoms with Gasteiger partial charge in [0.15, 0.2) is 0 Å². The molecule has 25 heavy (non-hydrogen) atoms. The van der Waals surface area contributed by atoms with Crippen LogP contribution in [0.5, 0.6) is 0 Å². The van der Waals surface area contributed by atoms with Gasteiger partial charge in [0.05, 0.1) is 17.0 Å². The summed E-state index contributed by atoms with van der Waals surface area (Å²) in [5.74, 6) is -1.10. The maximum Gasteiger partial charge on any atom is 0.416 e. The molecule has 1 aliphatic heterocycles. The van der Waals surface area contributed by atoms with Gasteiger partial charge in [0, 0.05) is 13.1 Å². The Balaban J connectivity index is 2.12. The van der Waals surface area contributed by atoms with Crippen LogP contribution < -0.4 is 5.32 Å². The number of carboxylic acids is 1. The first-order valence-corrected chi connectivity index (χ1v) is 9.14. The van der Waals surface area contributed by atoms with E-state index in [1.165, 1.54) is 4.31 Å². The molecule has 1 aromatic carbocycles. The summed E-state index contributed by atoms with van der Waals surface area (Å²) in [6, 6.07) is 3.69. The minimum atomic E-state index is -4.61. The van der Waals surface area contributed by atoms with Crippen molar-refractivity contribution < 1.29 is 31.5 Å². The highest BCUT2D eigenvalue weighted by atomic mass is 32.2. The number of aliphatic carboxylic acids is 1. The van der Waals surface area contributed by atoms with Crippen LogP contribution in [-0.2, 0) is 21.0 Å². The third-order valence-electron chi connectivity index (χ3n) is 3.99. The lowest BCUT2D eigenvalue weighted by Crippen LogP contribution is -2.43. The molecule has 0 radical (unpaired) electrons. The topological polar surface area (TPSA) is 86.7 Å². The summed E-state index contributed by atoms with van der Waals surface area (Å²) < 4.78 is 64.8. The second kappa shape index (κ2) is 7.71. The first-order valence-electron chi connectivity index (χ1n) is 7.70. The van der Waals surface area contributed by atoms with Crippen LogP contribution in [0.15, 0.2) is 29.2 Å². The number of alkyl halides is 3. The van der Waals surface area contributed by atoms with E-state index in [4.69, 9.17) is 5.11 Å². The Morgan fingerprint density at radius 3 is 2.72 bits per heavy atom. The summed E-state index contributed by atoms with van der Waals surface area (Å²) in [6.45, 7) is 0.483. The second-order valence-corrected chi connectivity index (χ2v) is 7.86. The van der Waals surface area contributed by atoms with E-state index in [0.717, 1.165) is 24.6 Å². The average molecular weight is 380 g/mol. The van der Waals surface area contributed by atoms with Crippen molar-refractivity contribution in [2.45, 2.75) is 23.9 Å². The quantitative estimate of drug-likeness (QED) is 0.786. The van der Waals surface area contributed by atoms with E-state index in [1.54, 1.807) is 0 Å². The fraction of sp³-hybridized carbons (Fsp3) is 0.533. The molecule has 1 aromatic rings. The number of nitrogens with zero attached hydrogens (tertiary/aromatic N) is 1. The van der Waals surface area contributed by atoms with E-state index < -0.39 is 27.7 Å². The summed E-state index contributed by atoms with van der Waals surface area (Å²) in [5, 5.41) is 11.3. The summed E-state index contributed by atoms with van der Waals surface area (Å²) in [6.07, 6.45) is -3.32. The molecule has 0 aromatic heterocycles. The molecule has 1 aliphatic rings. The largest absolute Gasteiger partial charge is 0.480 e. The monoisotopic (exact) mass is 380 g/mol. The molecule has 10 heteroatoms. The standard InChI is InChI=1S/C15H19F3N2O4S/c16-15(17,18)12-4-1-5-13(7-12)25(23,24)20-6-2-3-11(10-20)8-19-9-14(21)22/h1,4-5,7,11,19H,2-3,6,8-10H2,(H,21,22). The fourth-order valence-electron chi connectivity index (χ4n) is 2.78. The molecule has 0 saturated carbocycles. The first-order chi connectivity index (χ1) is 11.6. The molecule has 0 aliphatic carbocycles. The van der Waals surface area contributed by atoms with Crippen molar-refractivity contribution in [3.8, 4) is 0 Å². The number of sulfonamides is 1. The predicted molar refractivity (Wildman–Crippen MR) is 83.4 cm³/mol. The van der Waals surface area contributed by atoms with Crippen molar-refractivity contribution in [1.82, 2.24) is 9.62 Å². The van der Waals surface area contributed by atoms with Gasteiger partial charge < -0.3 is 10.4 Å². The third-order valence-corrected chi connectivity index (χ3v) is 5.85. The Bertz CT molecular complexity index is 722. The lowest BCUT2D eigenvalue weighted by Gasteiger charge is -2.32. The van der Waals surface area contributed by atoms with Crippen LogP contribution in [0.2, 0.25) is 0 Å². The normalized spacial score (nSPS) is 19.7. The van der Waals surface area contributed by atoms with Gasteiger partial charge in [-0.05, 0) is 43.5 Å². The van der Waals surface area contributed by atoms with Crippen LogP contribution >= 0.6 is 0 Å². The van der Waals surface area contributed by atoms with E-state index in [0.29, 0.717) is 19.0 Å². The maximum atomic E-state index is 12.8. The zero-order chi connectivity index (χ0) is 18.7. The van der Waals surface area contributed by atoms with Gasteiger partial charge in [-0.2, -0.15) is 17.5 Å². The minimum Gasteiger partial charge on any atom is -0.480 e. The molecule has 2 N–H and O–H groups in total. The Labute approximate surface area is 143 Å². The molecular formula is C15H19F3N2O4S. The van der Waals surface area contributed by atoms with Crippen LogP contribution in [0.25, 0.3) is 0 Å². The van der Waals surface area contributed by atoms with E-state index in [2.05, 4.69) is 5.32 Å². The zero-order valence-corrected chi connectivity index (χ0v) is 14.1. The number of benzene rings is 1. The third kappa shape index (κ3) is 5.16. The van der Waals surface area contributed by atoms with Crippen molar-refractivity contribution >= 4 is 16.0 Å². The Kier molecular flexibility index (Phi) is 6.07. The molecule has 0 amide bonds. The number of rotatable bonds is 6. The number of piperidine rings is 1. The molecule has 1 heterocycles. The lowest BCUT2D eigenvalue weighted by molar-refractivity contribution is -0.138. The zero-order valence-electron chi connectivity index (χ0n) is 13.3. The highest BCUT2D eigenvalue weighted by molar-refractivity contribution is 7.89. The molecule has 1 saturated heterocycles. The Morgan fingerprint density at radius 1 is 1.36 bits per heavy atom. The van der Waals surface area contributed by atoms with Crippen LogP contribution in [0.3, 0.4) is 0 Å². The van der Waals surface area contributed by atoms with Crippen molar-refractivity contribution in [2.24, 2.45) is 5.92 Å². The first kappa shape index (κ1) is 19.7. The summed E-state index contributed by atoms with van der Waals surface area (Å²) in [7, 11) is -4.03. The number of halogens is 3. The second-order valence-electron chi connectivity index (χ2n) is 5.92. The van der Waals surface area contributed by atoms with E-state index >= 15 is 0 Å². The van der Waals surface area contributed by atoms with Gasteiger partial charge in [0.1, 0.15) is 0 Å². The molecule has 1 atom stereocenters. The van der Waals surface area contributed by atoms with Crippen molar-refractivity contribution in [1.29, 1.82) is 0 Å². The number of nitrogens with one attached hydrogen (secondary N) is 1. The van der Waals surface area contributed by atoms with Gasteiger partial charge in [-0.15, -0.1) is 0 Å². The Morgan fingerprint density at radius 2 is 2.08 bits per heavy atom. The molecule has 0 spiro atoms. The maximum absolute atomic E-state index is 12.8. The number of carbonyl (C=O) groups is 1. The van der Waals surface area contributed by atoms with Crippen LogP contribution in [0, 0.1) is 5.92 Å². The summed E-state index contributed by atoms with van der Waals surface area (Å²) in [4.78, 5) is 10.1. The predicted octanol–water partition coefficient (Wildman–Crippen LogP) is 1.78. The highest BCUT2D eigenvalue weighted by Gasteiger charge is 2.34. The van der Waals surface area contributed by atoms with E-state index in [-0.39, 0.29) is 30.4 Å². The molecule has 2 rings (SSSR count). The van der Waals surface area contributed by atoms with Gasteiger partial charge in [0.2, 0.25) is 10.0 Å². The SMILES string of the molecule is O=C(O)CNCC1CCCN(S(=O)(=O)c2cccc(C(F)(F)F)c2)C1. The minimum absolute atomic E-state index is 0.0892. The van der Waals surface area contributed by atoms with E-state index in [1.807, 2.05) is 0 Å². The molecule has 1 unspecified atom stereocenters. The highest BCUT2D eigenvalue weighted by Crippen LogP contribution is 2.32. The van der Waals surface area contributed by atoms with Gasteiger partial charge in [0.25, 0.3) is 0 Å². The summed E-state index contributed by atoms with van der Waals surface area (Å²) >= 11 is 0. The van der Waals surface area contributed by atoms with Gasteiger partial charge in [-0.25, -0.2) is 8.42 Å². The van der Waals surface area contributed by atoms with Crippen LogP contribution in [0.4, 0.5) is 13.2 Å². The van der Waals surface area contributed by atoms with Gasteiger partial charge >= 0.3 is 12.1 Å². The average Bonchev–Trinajstić information content (AvgIpc) is 2.54. The number of carboxylic acid groups (broad SMARTS) is 1. The Hall–Kier alpha value is -1.65. The van der Waals surface area contributed by atoms with E-state index in [9.17, 15) is 26.4 Å². The molecule has 0 bridgehead atoms.